The maximum Gasteiger partial charge on any atom is 0.354 e. The number of thiazole rings is 1. The fourth-order valence-corrected chi connectivity index (χ4v) is 4.94. The normalized spacial score (nSPS) is 16.0. The standard InChI is InChI=1S/C20H26N2O5S2/c1-4-26-20(23)18-19(27-29(24,25)16-7-5-14(2)6-8-16)21-17(28-18)13-22-11-9-15(3)10-12-22/h5-8,15H,4,9-13H2,1-3H3. The summed E-state index contributed by atoms with van der Waals surface area (Å²) in [7, 11) is -4.11. The summed E-state index contributed by atoms with van der Waals surface area (Å²) in [5, 5.41) is 0.636. The van der Waals surface area contributed by atoms with Gasteiger partial charge in [0.15, 0.2) is 4.88 Å². The van der Waals surface area contributed by atoms with E-state index in [9.17, 15) is 13.2 Å². The van der Waals surface area contributed by atoms with Crippen LogP contribution in [0.1, 0.15) is 46.9 Å². The summed E-state index contributed by atoms with van der Waals surface area (Å²) in [6.45, 7) is 8.43. The average molecular weight is 439 g/mol. The quantitative estimate of drug-likeness (QED) is 0.482. The van der Waals surface area contributed by atoms with Crippen LogP contribution in [0.15, 0.2) is 29.2 Å². The molecule has 2 aromatic rings. The number of piperidine rings is 1. The number of benzene rings is 1. The van der Waals surface area contributed by atoms with Crippen LogP contribution in [0.25, 0.3) is 0 Å². The van der Waals surface area contributed by atoms with Crippen LogP contribution in [0, 0.1) is 12.8 Å². The molecule has 0 saturated carbocycles. The van der Waals surface area contributed by atoms with Crippen molar-refractivity contribution in [2.45, 2.75) is 45.1 Å². The molecule has 0 N–H and O–H groups in total. The van der Waals surface area contributed by atoms with Crippen molar-refractivity contribution in [1.82, 2.24) is 9.88 Å². The Kier molecular flexibility index (Phi) is 6.92. The fraction of sp³-hybridized carbons (Fsp3) is 0.500. The number of aryl methyl sites for hydroxylation is 1. The van der Waals surface area contributed by atoms with Gasteiger partial charge in [-0.25, -0.2) is 9.78 Å². The molecule has 1 aliphatic rings. The van der Waals surface area contributed by atoms with Gasteiger partial charge in [-0.1, -0.05) is 24.6 Å². The molecular weight excluding hydrogens is 412 g/mol. The van der Waals surface area contributed by atoms with Crippen molar-refractivity contribution in [3.05, 3.63) is 39.7 Å². The molecule has 0 radical (unpaired) electrons. The third kappa shape index (κ3) is 5.55. The fourth-order valence-electron chi connectivity index (χ4n) is 3.07. The van der Waals surface area contributed by atoms with E-state index in [2.05, 4.69) is 16.8 Å². The van der Waals surface area contributed by atoms with Crippen LogP contribution in [0.3, 0.4) is 0 Å². The molecule has 0 unspecified atom stereocenters. The zero-order valence-electron chi connectivity index (χ0n) is 16.9. The predicted molar refractivity (Wildman–Crippen MR) is 111 cm³/mol. The molecule has 1 fully saturated rings. The number of likely N-dealkylation sites (tertiary alicyclic amines) is 1. The number of carbonyl (C=O) groups is 1. The second-order valence-electron chi connectivity index (χ2n) is 7.27. The summed E-state index contributed by atoms with van der Waals surface area (Å²) in [6, 6.07) is 6.31. The van der Waals surface area contributed by atoms with Gasteiger partial charge in [-0.2, -0.15) is 8.42 Å². The molecule has 1 aromatic carbocycles. The van der Waals surface area contributed by atoms with Gasteiger partial charge in [0.25, 0.3) is 5.88 Å². The van der Waals surface area contributed by atoms with Crippen LogP contribution in [0.2, 0.25) is 0 Å². The summed E-state index contributed by atoms with van der Waals surface area (Å²) >= 11 is 1.12. The molecule has 1 aliphatic heterocycles. The van der Waals surface area contributed by atoms with Crippen molar-refractivity contribution >= 4 is 27.4 Å². The highest BCUT2D eigenvalue weighted by molar-refractivity contribution is 7.87. The van der Waals surface area contributed by atoms with E-state index in [0.29, 0.717) is 17.5 Å². The van der Waals surface area contributed by atoms with E-state index in [0.717, 1.165) is 42.8 Å². The first-order chi connectivity index (χ1) is 13.8. The number of esters is 1. The Morgan fingerprint density at radius 3 is 2.52 bits per heavy atom. The van der Waals surface area contributed by atoms with Crippen LogP contribution in [-0.2, 0) is 21.4 Å². The van der Waals surface area contributed by atoms with Gasteiger partial charge in [0.1, 0.15) is 9.90 Å². The van der Waals surface area contributed by atoms with Gasteiger partial charge < -0.3 is 8.92 Å². The molecule has 0 bridgehead atoms. The summed E-state index contributed by atoms with van der Waals surface area (Å²) < 4.78 is 35.7. The maximum atomic E-state index is 12.7. The Bertz CT molecular complexity index is 946. The third-order valence-electron chi connectivity index (χ3n) is 4.83. The first-order valence-corrected chi connectivity index (χ1v) is 11.9. The summed E-state index contributed by atoms with van der Waals surface area (Å²) in [5.74, 6) is -0.136. The summed E-state index contributed by atoms with van der Waals surface area (Å²) in [6.07, 6.45) is 2.22. The molecule has 0 spiro atoms. The molecule has 3 rings (SSSR count). The van der Waals surface area contributed by atoms with Crippen molar-refractivity contribution in [3.8, 4) is 5.88 Å². The van der Waals surface area contributed by atoms with Gasteiger partial charge in [0.2, 0.25) is 0 Å². The van der Waals surface area contributed by atoms with Crippen molar-refractivity contribution in [3.63, 3.8) is 0 Å². The second-order valence-corrected chi connectivity index (χ2v) is 9.90. The van der Waals surface area contributed by atoms with Crippen molar-refractivity contribution in [2.24, 2.45) is 5.92 Å². The molecule has 0 atom stereocenters. The summed E-state index contributed by atoms with van der Waals surface area (Å²) in [5.41, 5.74) is 0.933. The number of hydrogen-bond acceptors (Lipinski definition) is 8. The Morgan fingerprint density at radius 1 is 1.24 bits per heavy atom. The molecule has 1 aromatic heterocycles. The molecular formula is C20H26N2O5S2. The maximum absolute atomic E-state index is 12.7. The Balaban J connectivity index is 1.84. The number of ether oxygens (including phenoxy) is 1. The SMILES string of the molecule is CCOC(=O)c1sc(CN2CCC(C)CC2)nc1OS(=O)(=O)c1ccc(C)cc1. The number of nitrogens with zero attached hydrogens (tertiary/aromatic N) is 2. The van der Waals surface area contributed by atoms with Crippen LogP contribution in [-0.4, -0.2) is 44.0 Å². The van der Waals surface area contributed by atoms with Crippen molar-refractivity contribution in [1.29, 1.82) is 0 Å². The monoisotopic (exact) mass is 438 g/mol. The first-order valence-electron chi connectivity index (χ1n) is 9.69. The van der Waals surface area contributed by atoms with E-state index < -0.39 is 16.1 Å². The third-order valence-corrected chi connectivity index (χ3v) is 7.06. The minimum absolute atomic E-state index is 0.0116. The molecule has 7 nitrogen and oxygen atoms in total. The lowest BCUT2D eigenvalue weighted by Crippen LogP contribution is -2.32. The molecule has 0 aliphatic carbocycles. The first kappa shape index (κ1) is 21.7. The van der Waals surface area contributed by atoms with E-state index in [1.165, 1.54) is 12.1 Å². The predicted octanol–water partition coefficient (Wildman–Crippen LogP) is 3.63. The van der Waals surface area contributed by atoms with E-state index >= 15 is 0 Å². The highest BCUT2D eigenvalue weighted by Gasteiger charge is 2.27. The topological polar surface area (TPSA) is 85.8 Å². The van der Waals surface area contributed by atoms with Crippen molar-refractivity contribution < 1.29 is 22.1 Å². The molecule has 158 valence electrons. The highest BCUT2D eigenvalue weighted by atomic mass is 32.2. The van der Waals surface area contributed by atoms with Gasteiger partial charge in [-0.3, -0.25) is 4.90 Å². The van der Waals surface area contributed by atoms with Crippen LogP contribution in [0.5, 0.6) is 5.88 Å². The van der Waals surface area contributed by atoms with Crippen LogP contribution < -0.4 is 4.18 Å². The lowest BCUT2D eigenvalue weighted by atomic mass is 9.99. The van der Waals surface area contributed by atoms with Crippen LogP contribution >= 0.6 is 11.3 Å². The Hall–Kier alpha value is -1.97. The van der Waals surface area contributed by atoms with Gasteiger partial charge in [0.05, 0.1) is 13.2 Å². The zero-order chi connectivity index (χ0) is 21.0. The Morgan fingerprint density at radius 2 is 1.90 bits per heavy atom. The molecule has 0 amide bonds. The van der Waals surface area contributed by atoms with E-state index in [1.54, 1.807) is 19.1 Å². The lowest BCUT2D eigenvalue weighted by Gasteiger charge is -2.29. The molecule has 9 heteroatoms. The smallest absolute Gasteiger partial charge is 0.354 e. The Labute approximate surface area is 175 Å². The van der Waals surface area contributed by atoms with Crippen LogP contribution in [0.4, 0.5) is 0 Å². The van der Waals surface area contributed by atoms with Gasteiger partial charge in [-0.05, 0) is 57.8 Å². The molecule has 29 heavy (non-hydrogen) atoms. The minimum atomic E-state index is -4.11. The summed E-state index contributed by atoms with van der Waals surface area (Å²) in [4.78, 5) is 19.0. The van der Waals surface area contributed by atoms with E-state index in [4.69, 9.17) is 8.92 Å². The van der Waals surface area contributed by atoms with E-state index in [-0.39, 0.29) is 22.3 Å². The number of hydrogen-bond donors (Lipinski definition) is 0. The van der Waals surface area contributed by atoms with E-state index in [1.807, 2.05) is 6.92 Å². The average Bonchev–Trinajstić information content (AvgIpc) is 3.06. The van der Waals surface area contributed by atoms with Gasteiger partial charge in [0, 0.05) is 0 Å². The largest absolute Gasteiger partial charge is 0.462 e. The number of carbonyl (C=O) groups excluding carboxylic acids is 1. The van der Waals surface area contributed by atoms with Gasteiger partial charge >= 0.3 is 16.1 Å². The zero-order valence-corrected chi connectivity index (χ0v) is 18.5. The number of aromatic nitrogens is 1. The minimum Gasteiger partial charge on any atom is -0.462 e. The highest BCUT2D eigenvalue weighted by Crippen LogP contribution is 2.30. The number of rotatable bonds is 7. The molecule has 2 heterocycles. The van der Waals surface area contributed by atoms with Crippen molar-refractivity contribution in [2.75, 3.05) is 19.7 Å². The van der Waals surface area contributed by atoms with Gasteiger partial charge in [-0.15, -0.1) is 11.3 Å². The second kappa shape index (κ2) is 9.23. The molecule has 1 saturated heterocycles. The lowest BCUT2D eigenvalue weighted by molar-refractivity contribution is 0.0530.